The first-order chi connectivity index (χ1) is 7.24. The summed E-state index contributed by atoms with van der Waals surface area (Å²) in [7, 11) is -3.20. The molecule has 0 aromatic heterocycles. The third kappa shape index (κ3) is 3.52. The first kappa shape index (κ1) is 13.0. The van der Waals surface area contributed by atoms with E-state index in [9.17, 15) is 21.6 Å². The number of hydrogen-bond acceptors (Lipinski definition) is 2. The van der Waals surface area contributed by atoms with Gasteiger partial charge in [0.05, 0.1) is 11.3 Å². The van der Waals surface area contributed by atoms with Crippen LogP contribution >= 0.6 is 0 Å². The first-order valence-electron chi connectivity index (χ1n) is 4.61. The third-order valence-corrected chi connectivity index (χ3v) is 3.76. The van der Waals surface area contributed by atoms with E-state index in [0.717, 1.165) is 12.1 Å². The molecule has 0 aliphatic carbocycles. The number of benzene rings is 1. The lowest BCUT2D eigenvalue weighted by Gasteiger charge is -2.07. The van der Waals surface area contributed by atoms with Gasteiger partial charge in [-0.15, -0.1) is 0 Å². The minimum atomic E-state index is -4.39. The van der Waals surface area contributed by atoms with Crippen LogP contribution in [-0.4, -0.2) is 14.2 Å². The van der Waals surface area contributed by atoms with Crippen LogP contribution in [0.1, 0.15) is 18.1 Å². The van der Waals surface area contributed by atoms with Crippen LogP contribution in [0.3, 0.4) is 0 Å². The zero-order valence-electron chi connectivity index (χ0n) is 8.58. The van der Waals surface area contributed by atoms with Crippen molar-refractivity contribution in [2.75, 3.05) is 5.75 Å². The summed E-state index contributed by atoms with van der Waals surface area (Å²) in [5.41, 5.74) is -0.403. The Labute approximate surface area is 92.0 Å². The summed E-state index contributed by atoms with van der Waals surface area (Å²) in [5.74, 6) is -0.240. The van der Waals surface area contributed by atoms with Gasteiger partial charge in [-0.05, 0) is 17.7 Å². The highest BCUT2D eigenvalue weighted by Gasteiger charge is 2.30. The van der Waals surface area contributed by atoms with Gasteiger partial charge >= 0.3 is 6.18 Å². The third-order valence-electron chi connectivity index (χ3n) is 2.11. The molecule has 0 amide bonds. The van der Waals surface area contributed by atoms with Crippen molar-refractivity contribution in [2.24, 2.45) is 0 Å². The summed E-state index contributed by atoms with van der Waals surface area (Å²) in [4.78, 5) is 0. The molecule has 2 nitrogen and oxygen atoms in total. The number of halogens is 3. The maximum Gasteiger partial charge on any atom is 0.416 e. The molecule has 0 bridgehead atoms. The summed E-state index contributed by atoms with van der Waals surface area (Å²) >= 11 is 0. The van der Waals surface area contributed by atoms with E-state index in [2.05, 4.69) is 0 Å². The molecule has 0 heterocycles. The van der Waals surface area contributed by atoms with E-state index in [1.807, 2.05) is 0 Å². The summed E-state index contributed by atoms with van der Waals surface area (Å²) in [6.07, 6.45) is -4.39. The average Bonchev–Trinajstić information content (AvgIpc) is 2.16. The van der Waals surface area contributed by atoms with Gasteiger partial charge in [0.2, 0.25) is 0 Å². The molecule has 0 N–H and O–H groups in total. The molecule has 0 aliphatic heterocycles. The molecule has 0 saturated heterocycles. The lowest BCUT2D eigenvalue weighted by atomic mass is 10.1. The van der Waals surface area contributed by atoms with Gasteiger partial charge in [0.15, 0.2) is 9.84 Å². The van der Waals surface area contributed by atoms with E-state index in [1.165, 1.54) is 19.1 Å². The van der Waals surface area contributed by atoms with Crippen LogP contribution in [-0.2, 0) is 21.8 Å². The second-order valence-electron chi connectivity index (χ2n) is 3.37. The molecule has 90 valence electrons. The molecule has 0 fully saturated rings. The highest BCUT2D eigenvalue weighted by atomic mass is 32.2. The SMILES string of the molecule is CCS(=O)(=O)Cc1ccc(C(F)(F)F)cc1. The van der Waals surface area contributed by atoms with Crippen LogP contribution in [0.4, 0.5) is 13.2 Å². The first-order valence-corrected chi connectivity index (χ1v) is 6.43. The zero-order chi connectivity index (χ0) is 12.4. The summed E-state index contributed by atoms with van der Waals surface area (Å²) in [6, 6.07) is 4.16. The molecule has 6 heteroatoms. The van der Waals surface area contributed by atoms with Crippen LogP contribution in [0.25, 0.3) is 0 Å². The van der Waals surface area contributed by atoms with Crippen LogP contribution in [0, 0.1) is 0 Å². The van der Waals surface area contributed by atoms with Crippen molar-refractivity contribution < 1.29 is 21.6 Å². The van der Waals surface area contributed by atoms with Gasteiger partial charge < -0.3 is 0 Å². The number of alkyl halides is 3. The lowest BCUT2D eigenvalue weighted by Crippen LogP contribution is -2.08. The smallest absolute Gasteiger partial charge is 0.229 e. The summed E-state index contributed by atoms with van der Waals surface area (Å²) in [6.45, 7) is 1.50. The molecule has 0 unspecified atom stereocenters. The average molecular weight is 252 g/mol. The zero-order valence-corrected chi connectivity index (χ0v) is 9.40. The fraction of sp³-hybridized carbons (Fsp3) is 0.400. The van der Waals surface area contributed by atoms with Gasteiger partial charge in [-0.1, -0.05) is 19.1 Å². The quantitative estimate of drug-likeness (QED) is 0.828. The Kier molecular flexibility index (Phi) is 3.62. The maximum absolute atomic E-state index is 12.2. The second-order valence-corrected chi connectivity index (χ2v) is 5.72. The lowest BCUT2D eigenvalue weighted by molar-refractivity contribution is -0.137. The fourth-order valence-electron chi connectivity index (χ4n) is 1.15. The van der Waals surface area contributed by atoms with Crippen LogP contribution < -0.4 is 0 Å². The fourth-order valence-corrected chi connectivity index (χ4v) is 2.05. The highest BCUT2D eigenvalue weighted by Crippen LogP contribution is 2.29. The van der Waals surface area contributed by atoms with Crippen molar-refractivity contribution in [3.05, 3.63) is 35.4 Å². The van der Waals surface area contributed by atoms with Gasteiger partial charge in [-0.2, -0.15) is 13.2 Å². The molecule has 1 aromatic rings. The monoisotopic (exact) mass is 252 g/mol. The van der Waals surface area contributed by atoms with Gasteiger partial charge in [-0.3, -0.25) is 0 Å². The standard InChI is InChI=1S/C10H11F3O2S/c1-2-16(14,15)7-8-3-5-9(6-4-8)10(11,12)13/h3-6H,2,7H2,1H3. The molecular formula is C10H11F3O2S. The van der Waals surface area contributed by atoms with E-state index in [1.54, 1.807) is 0 Å². The molecule has 0 radical (unpaired) electrons. The van der Waals surface area contributed by atoms with Crippen molar-refractivity contribution in [3.8, 4) is 0 Å². The van der Waals surface area contributed by atoms with Crippen LogP contribution in [0.15, 0.2) is 24.3 Å². The maximum atomic E-state index is 12.2. The van der Waals surface area contributed by atoms with Crippen molar-refractivity contribution >= 4 is 9.84 Å². The predicted octanol–water partition coefficient (Wildman–Crippen LogP) is 2.64. The van der Waals surface area contributed by atoms with Gasteiger partial charge in [0.1, 0.15) is 0 Å². The molecule has 1 rings (SSSR count). The molecule has 16 heavy (non-hydrogen) atoms. The minimum Gasteiger partial charge on any atom is -0.229 e. The van der Waals surface area contributed by atoms with E-state index in [-0.39, 0.29) is 11.5 Å². The summed E-state index contributed by atoms with van der Waals surface area (Å²) in [5, 5.41) is 0. The van der Waals surface area contributed by atoms with Crippen LogP contribution in [0.2, 0.25) is 0 Å². The predicted molar refractivity (Wildman–Crippen MR) is 54.6 cm³/mol. The Morgan fingerprint density at radius 2 is 1.62 bits per heavy atom. The van der Waals surface area contributed by atoms with E-state index in [4.69, 9.17) is 0 Å². The van der Waals surface area contributed by atoms with Crippen molar-refractivity contribution in [3.63, 3.8) is 0 Å². The second kappa shape index (κ2) is 4.45. The number of sulfone groups is 1. The topological polar surface area (TPSA) is 34.1 Å². The largest absolute Gasteiger partial charge is 0.416 e. The van der Waals surface area contributed by atoms with Gasteiger partial charge in [-0.25, -0.2) is 8.42 Å². The Hall–Kier alpha value is -1.04. The molecule has 1 aromatic carbocycles. The molecule has 0 spiro atoms. The Morgan fingerprint density at radius 1 is 1.12 bits per heavy atom. The Morgan fingerprint density at radius 3 is 2.00 bits per heavy atom. The Balaban J connectivity index is 2.89. The molecule has 0 saturated carbocycles. The normalized spacial score (nSPS) is 12.8. The van der Waals surface area contributed by atoms with Crippen molar-refractivity contribution in [2.45, 2.75) is 18.9 Å². The van der Waals surface area contributed by atoms with Crippen LogP contribution in [0.5, 0.6) is 0 Å². The van der Waals surface area contributed by atoms with Gasteiger partial charge in [0.25, 0.3) is 0 Å². The van der Waals surface area contributed by atoms with Gasteiger partial charge in [0, 0.05) is 5.75 Å². The number of rotatable bonds is 3. The molecular weight excluding hydrogens is 241 g/mol. The number of hydrogen-bond donors (Lipinski definition) is 0. The molecule has 0 aliphatic rings. The highest BCUT2D eigenvalue weighted by molar-refractivity contribution is 7.90. The van der Waals surface area contributed by atoms with E-state index < -0.39 is 21.6 Å². The van der Waals surface area contributed by atoms with E-state index >= 15 is 0 Å². The van der Waals surface area contributed by atoms with Crippen molar-refractivity contribution in [1.82, 2.24) is 0 Å². The van der Waals surface area contributed by atoms with E-state index in [0.29, 0.717) is 5.56 Å². The summed E-state index contributed by atoms with van der Waals surface area (Å²) < 4.78 is 59.1. The van der Waals surface area contributed by atoms with Crippen molar-refractivity contribution in [1.29, 1.82) is 0 Å². The molecule has 0 atom stereocenters. The minimum absolute atomic E-state index is 0.0198. The Bertz CT molecular complexity index is 446.